The molecule has 0 spiro atoms. The summed E-state index contributed by atoms with van der Waals surface area (Å²) in [6, 6.07) is 3.84. The van der Waals surface area contributed by atoms with E-state index in [2.05, 4.69) is 4.99 Å². The molecule has 1 aliphatic heterocycles. The third-order valence-corrected chi connectivity index (χ3v) is 4.12. The van der Waals surface area contributed by atoms with Gasteiger partial charge in [-0.15, -0.1) is 0 Å². The monoisotopic (exact) mass is 295 g/mol. The van der Waals surface area contributed by atoms with Crippen LogP contribution in [0.25, 0.3) is 0 Å². The molecule has 0 radical (unpaired) electrons. The van der Waals surface area contributed by atoms with Crippen LogP contribution in [0.1, 0.15) is 24.3 Å². The largest absolute Gasteiger partial charge is 0.378 e. The van der Waals surface area contributed by atoms with Gasteiger partial charge in [-0.1, -0.05) is 0 Å². The van der Waals surface area contributed by atoms with Crippen LogP contribution in [0.2, 0.25) is 0 Å². The highest BCUT2D eigenvalue weighted by molar-refractivity contribution is 5.78. The number of morpholine rings is 1. The summed E-state index contributed by atoms with van der Waals surface area (Å²) in [7, 11) is 0. The molecule has 1 aromatic carbocycles. The van der Waals surface area contributed by atoms with Gasteiger partial charge in [0, 0.05) is 19.2 Å². The summed E-state index contributed by atoms with van der Waals surface area (Å²) in [5, 5.41) is 0. The number of hydrogen-bond donors (Lipinski definition) is 1. The van der Waals surface area contributed by atoms with E-state index < -0.39 is 11.6 Å². The average molecular weight is 295 g/mol. The molecule has 1 aromatic rings. The number of rotatable bonds is 2. The predicted molar refractivity (Wildman–Crippen MR) is 76.1 cm³/mol. The van der Waals surface area contributed by atoms with Crippen LogP contribution in [0.4, 0.5) is 8.78 Å². The molecule has 0 unspecified atom stereocenters. The highest BCUT2D eigenvalue weighted by Crippen LogP contribution is 2.39. The standard InChI is InChI=1S/C15H19F2N3O/c16-12-5-10(6-13(17)9-12)11-7-14(8-11)19-15(18)20-1-3-21-4-2-20/h5-6,9,11,14H,1-4,7-8H2,(H2,18,19). The second-order valence-electron chi connectivity index (χ2n) is 5.61. The number of ether oxygens (including phenoxy) is 1. The molecule has 4 nitrogen and oxygen atoms in total. The molecule has 2 fully saturated rings. The van der Waals surface area contributed by atoms with Crippen molar-refractivity contribution in [2.75, 3.05) is 26.3 Å². The Morgan fingerprint density at radius 1 is 1.14 bits per heavy atom. The van der Waals surface area contributed by atoms with Gasteiger partial charge in [0.2, 0.25) is 0 Å². The van der Waals surface area contributed by atoms with Gasteiger partial charge in [0.05, 0.1) is 19.3 Å². The summed E-state index contributed by atoms with van der Waals surface area (Å²) in [4.78, 5) is 6.52. The average Bonchev–Trinajstić information content (AvgIpc) is 2.42. The van der Waals surface area contributed by atoms with Crippen molar-refractivity contribution in [2.24, 2.45) is 10.7 Å². The van der Waals surface area contributed by atoms with Crippen LogP contribution >= 0.6 is 0 Å². The molecule has 2 N–H and O–H groups in total. The van der Waals surface area contributed by atoms with Gasteiger partial charge in [-0.3, -0.25) is 0 Å². The number of hydrogen-bond acceptors (Lipinski definition) is 2. The maximum absolute atomic E-state index is 13.2. The molecule has 0 amide bonds. The first kappa shape index (κ1) is 14.3. The number of aliphatic imine (C=N–C) groups is 1. The zero-order valence-electron chi connectivity index (χ0n) is 11.8. The van der Waals surface area contributed by atoms with Crippen molar-refractivity contribution < 1.29 is 13.5 Å². The van der Waals surface area contributed by atoms with Crippen molar-refractivity contribution in [3.8, 4) is 0 Å². The molecule has 114 valence electrons. The Kier molecular flexibility index (Phi) is 4.05. The van der Waals surface area contributed by atoms with Gasteiger partial charge in [0.1, 0.15) is 11.6 Å². The van der Waals surface area contributed by atoms with Crippen molar-refractivity contribution in [3.63, 3.8) is 0 Å². The van der Waals surface area contributed by atoms with Crippen LogP contribution in [0.15, 0.2) is 23.2 Å². The highest BCUT2D eigenvalue weighted by Gasteiger charge is 2.31. The second kappa shape index (κ2) is 5.97. The zero-order chi connectivity index (χ0) is 14.8. The molecular weight excluding hydrogens is 276 g/mol. The molecule has 1 saturated heterocycles. The van der Waals surface area contributed by atoms with Gasteiger partial charge in [0.15, 0.2) is 5.96 Å². The van der Waals surface area contributed by atoms with Crippen molar-refractivity contribution in [1.82, 2.24) is 4.90 Å². The maximum Gasteiger partial charge on any atom is 0.191 e. The summed E-state index contributed by atoms with van der Waals surface area (Å²) in [5.74, 6) is -0.330. The Morgan fingerprint density at radius 3 is 2.38 bits per heavy atom. The number of guanidine groups is 1. The molecule has 21 heavy (non-hydrogen) atoms. The van der Waals surface area contributed by atoms with Crippen LogP contribution in [0, 0.1) is 11.6 Å². The van der Waals surface area contributed by atoms with E-state index in [-0.39, 0.29) is 12.0 Å². The molecular formula is C15H19F2N3O. The minimum absolute atomic E-state index is 0.143. The fourth-order valence-electron chi connectivity index (χ4n) is 2.84. The molecule has 1 heterocycles. The molecule has 6 heteroatoms. The van der Waals surface area contributed by atoms with E-state index in [1.54, 1.807) is 0 Å². The molecule has 3 rings (SSSR count). The third-order valence-electron chi connectivity index (χ3n) is 4.12. The molecule has 0 atom stereocenters. The lowest BCUT2D eigenvalue weighted by Gasteiger charge is -2.35. The van der Waals surface area contributed by atoms with Gasteiger partial charge in [-0.25, -0.2) is 13.8 Å². The van der Waals surface area contributed by atoms with E-state index in [1.807, 2.05) is 4.90 Å². The van der Waals surface area contributed by atoms with E-state index in [1.165, 1.54) is 12.1 Å². The summed E-state index contributed by atoms with van der Waals surface area (Å²) in [5.41, 5.74) is 6.70. The minimum atomic E-state index is -0.523. The summed E-state index contributed by atoms with van der Waals surface area (Å²) in [6.45, 7) is 2.87. The van der Waals surface area contributed by atoms with Crippen molar-refractivity contribution in [2.45, 2.75) is 24.8 Å². The van der Waals surface area contributed by atoms with Gasteiger partial charge in [-0.05, 0) is 36.5 Å². The first-order valence-electron chi connectivity index (χ1n) is 7.24. The second-order valence-corrected chi connectivity index (χ2v) is 5.61. The fraction of sp³-hybridized carbons (Fsp3) is 0.533. The number of nitrogens with two attached hydrogens (primary N) is 1. The molecule has 1 saturated carbocycles. The van der Waals surface area contributed by atoms with E-state index in [0.29, 0.717) is 24.7 Å². The molecule has 0 aromatic heterocycles. The Bertz CT molecular complexity index is 517. The lowest BCUT2D eigenvalue weighted by Crippen LogP contribution is -2.46. The van der Waals surface area contributed by atoms with Gasteiger partial charge in [-0.2, -0.15) is 0 Å². The van der Waals surface area contributed by atoms with Gasteiger partial charge >= 0.3 is 0 Å². The number of nitrogens with zero attached hydrogens (tertiary/aromatic N) is 2. The molecule has 1 aliphatic carbocycles. The topological polar surface area (TPSA) is 50.8 Å². The third kappa shape index (κ3) is 3.32. The molecule has 2 aliphatic rings. The minimum Gasteiger partial charge on any atom is -0.378 e. The zero-order valence-corrected chi connectivity index (χ0v) is 11.8. The summed E-state index contributed by atoms with van der Waals surface area (Å²) in [6.07, 6.45) is 1.57. The Morgan fingerprint density at radius 2 is 1.76 bits per heavy atom. The van der Waals surface area contributed by atoms with Gasteiger partial charge < -0.3 is 15.4 Å². The Labute approximate surface area is 122 Å². The number of benzene rings is 1. The maximum atomic E-state index is 13.2. The van der Waals surface area contributed by atoms with E-state index in [0.717, 1.165) is 32.0 Å². The Hall–Kier alpha value is -1.69. The van der Waals surface area contributed by atoms with Crippen LogP contribution in [0.5, 0.6) is 0 Å². The quantitative estimate of drug-likeness (QED) is 0.669. The van der Waals surface area contributed by atoms with Crippen molar-refractivity contribution >= 4 is 5.96 Å². The first-order valence-corrected chi connectivity index (χ1v) is 7.24. The number of halogens is 2. The summed E-state index contributed by atoms with van der Waals surface area (Å²) < 4.78 is 31.7. The smallest absolute Gasteiger partial charge is 0.191 e. The first-order chi connectivity index (χ1) is 10.1. The highest BCUT2D eigenvalue weighted by atomic mass is 19.1. The lowest BCUT2D eigenvalue weighted by atomic mass is 9.76. The van der Waals surface area contributed by atoms with Crippen LogP contribution < -0.4 is 5.73 Å². The van der Waals surface area contributed by atoms with Crippen LogP contribution in [-0.4, -0.2) is 43.2 Å². The molecule has 0 bridgehead atoms. The van der Waals surface area contributed by atoms with Crippen molar-refractivity contribution in [3.05, 3.63) is 35.4 Å². The van der Waals surface area contributed by atoms with E-state index in [4.69, 9.17) is 10.5 Å². The SMILES string of the molecule is NC(=NC1CC(c2cc(F)cc(F)c2)C1)N1CCOCC1. The van der Waals surface area contributed by atoms with Crippen LogP contribution in [-0.2, 0) is 4.74 Å². The van der Waals surface area contributed by atoms with Gasteiger partial charge in [0.25, 0.3) is 0 Å². The lowest BCUT2D eigenvalue weighted by molar-refractivity contribution is 0.0671. The van der Waals surface area contributed by atoms with E-state index >= 15 is 0 Å². The van der Waals surface area contributed by atoms with E-state index in [9.17, 15) is 8.78 Å². The normalized spacial score (nSPS) is 26.6. The van der Waals surface area contributed by atoms with Crippen molar-refractivity contribution in [1.29, 1.82) is 0 Å². The van der Waals surface area contributed by atoms with Crippen LogP contribution in [0.3, 0.4) is 0 Å². The Balaban J connectivity index is 1.57. The summed E-state index contributed by atoms with van der Waals surface area (Å²) >= 11 is 0. The fourth-order valence-corrected chi connectivity index (χ4v) is 2.84. The predicted octanol–water partition coefficient (Wildman–Crippen LogP) is 1.86.